The van der Waals surface area contributed by atoms with Gasteiger partial charge in [-0.1, -0.05) is 0 Å². The molecule has 172 valence electrons. The molecule has 1 aromatic carbocycles. The Morgan fingerprint density at radius 1 is 1.32 bits per heavy atom. The summed E-state index contributed by atoms with van der Waals surface area (Å²) >= 11 is 0. The topological polar surface area (TPSA) is 102 Å². The summed E-state index contributed by atoms with van der Waals surface area (Å²) < 4.78 is 52.2. The van der Waals surface area contributed by atoms with E-state index in [-0.39, 0.29) is 17.9 Å². The molecule has 31 heavy (non-hydrogen) atoms. The number of benzene rings is 1. The van der Waals surface area contributed by atoms with Crippen molar-refractivity contribution in [3.05, 3.63) is 45.5 Å². The van der Waals surface area contributed by atoms with Crippen molar-refractivity contribution >= 4 is 17.9 Å². The molecule has 0 radical (unpaired) electrons. The number of aliphatic hydroxyl groups is 1. The molecule has 1 aliphatic rings. The normalized spacial score (nSPS) is 20.5. The van der Waals surface area contributed by atoms with Gasteiger partial charge in [0.25, 0.3) is 5.69 Å². The highest BCUT2D eigenvalue weighted by Gasteiger charge is 2.52. The van der Waals surface area contributed by atoms with Crippen LogP contribution in [0.15, 0.2) is 29.8 Å². The third-order valence-electron chi connectivity index (χ3n) is 4.55. The predicted octanol–water partition coefficient (Wildman–Crippen LogP) is 4.27. The van der Waals surface area contributed by atoms with E-state index in [0.29, 0.717) is 6.08 Å². The maximum Gasteiger partial charge on any atom is 0.415 e. The molecule has 0 unspecified atom stereocenters. The van der Waals surface area contributed by atoms with Gasteiger partial charge in [0.15, 0.2) is 0 Å². The molecule has 1 amide bonds. The van der Waals surface area contributed by atoms with Crippen molar-refractivity contribution in [3.63, 3.8) is 0 Å². The van der Waals surface area contributed by atoms with Crippen LogP contribution in [0.1, 0.15) is 40.2 Å². The van der Waals surface area contributed by atoms with Crippen LogP contribution >= 0.6 is 0 Å². The lowest BCUT2D eigenvalue weighted by molar-refractivity contribution is -0.384. The van der Waals surface area contributed by atoms with E-state index < -0.39 is 46.2 Å². The van der Waals surface area contributed by atoms with Crippen LogP contribution in [0.2, 0.25) is 0 Å². The van der Waals surface area contributed by atoms with Gasteiger partial charge in [-0.05, 0) is 58.4 Å². The average molecular weight is 446 g/mol. The summed E-state index contributed by atoms with van der Waals surface area (Å²) in [4.78, 5) is 23.7. The first-order valence-electron chi connectivity index (χ1n) is 9.40. The number of aliphatic hydroxyl groups excluding tert-OH is 1. The highest BCUT2D eigenvalue weighted by Crippen LogP contribution is 2.38. The predicted molar refractivity (Wildman–Crippen MR) is 105 cm³/mol. The monoisotopic (exact) mass is 446 g/mol. The van der Waals surface area contributed by atoms with Crippen molar-refractivity contribution in [3.8, 4) is 0 Å². The summed E-state index contributed by atoms with van der Waals surface area (Å²) in [6, 6.07) is 3.02. The molecule has 2 atom stereocenters. The number of amides is 1. The number of halogens is 3. The Balaban J connectivity index is 2.42. The first kappa shape index (κ1) is 24.6. The standard InChI is InChI=1S/C20H25F3N2O6/c1-18(2,3)31-17(27)24-15(11-30-19(24,4)5)16(26)14(20(21,22)23)10-12-6-8-13(9-7-12)25(28)29/h6-10,15-16,26H,11H2,1-5H3/b14-10-/t15-,16+/m0/s1. The molecule has 1 saturated heterocycles. The van der Waals surface area contributed by atoms with Gasteiger partial charge in [0, 0.05) is 12.1 Å². The Kier molecular flexibility index (Phi) is 6.72. The quantitative estimate of drug-likeness (QED) is 0.547. The second-order valence-electron chi connectivity index (χ2n) is 8.57. The summed E-state index contributed by atoms with van der Waals surface area (Å²) in [5, 5.41) is 21.4. The fourth-order valence-corrected chi connectivity index (χ4v) is 3.15. The minimum absolute atomic E-state index is 0.000955. The van der Waals surface area contributed by atoms with Gasteiger partial charge in [-0.25, -0.2) is 4.79 Å². The smallest absolute Gasteiger partial charge is 0.415 e. The second kappa shape index (κ2) is 8.46. The number of ether oxygens (including phenoxy) is 2. The molecular weight excluding hydrogens is 421 g/mol. The van der Waals surface area contributed by atoms with Gasteiger partial charge in [-0.3, -0.25) is 15.0 Å². The van der Waals surface area contributed by atoms with E-state index in [2.05, 4.69) is 0 Å². The molecular formula is C20H25F3N2O6. The van der Waals surface area contributed by atoms with Crippen molar-refractivity contribution in [2.75, 3.05) is 6.61 Å². The van der Waals surface area contributed by atoms with Gasteiger partial charge in [-0.2, -0.15) is 13.2 Å². The third kappa shape index (κ3) is 5.95. The maximum atomic E-state index is 13.8. The molecule has 0 aliphatic carbocycles. The molecule has 11 heteroatoms. The number of rotatable bonds is 4. The van der Waals surface area contributed by atoms with Crippen LogP contribution in [-0.2, 0) is 9.47 Å². The fraction of sp³-hybridized carbons (Fsp3) is 0.550. The number of nitrogens with zero attached hydrogens (tertiary/aromatic N) is 2. The van der Waals surface area contributed by atoms with E-state index in [1.807, 2.05) is 0 Å². The lowest BCUT2D eigenvalue weighted by Gasteiger charge is -2.37. The number of alkyl halides is 3. The van der Waals surface area contributed by atoms with Crippen molar-refractivity contribution in [1.82, 2.24) is 4.90 Å². The van der Waals surface area contributed by atoms with Crippen LogP contribution in [-0.4, -0.2) is 57.3 Å². The fourth-order valence-electron chi connectivity index (χ4n) is 3.15. The summed E-state index contributed by atoms with van der Waals surface area (Å²) in [6.45, 7) is 7.44. The Morgan fingerprint density at radius 3 is 2.32 bits per heavy atom. The van der Waals surface area contributed by atoms with Crippen molar-refractivity contribution < 1.29 is 37.5 Å². The summed E-state index contributed by atoms with van der Waals surface area (Å²) in [5.74, 6) is 0. The number of nitro groups is 1. The molecule has 1 heterocycles. The largest absolute Gasteiger partial charge is 0.444 e. The van der Waals surface area contributed by atoms with Crippen molar-refractivity contribution in [1.29, 1.82) is 0 Å². The molecule has 0 aromatic heterocycles. The van der Waals surface area contributed by atoms with Gasteiger partial charge in [-0.15, -0.1) is 0 Å². The highest BCUT2D eigenvalue weighted by atomic mass is 19.4. The number of carbonyl (C=O) groups excluding carboxylic acids is 1. The van der Waals surface area contributed by atoms with Crippen LogP contribution in [0.3, 0.4) is 0 Å². The lowest BCUT2D eigenvalue weighted by Crippen LogP contribution is -2.54. The highest BCUT2D eigenvalue weighted by molar-refractivity contribution is 5.70. The second-order valence-corrected chi connectivity index (χ2v) is 8.57. The zero-order valence-corrected chi connectivity index (χ0v) is 17.8. The molecule has 8 nitrogen and oxygen atoms in total. The molecule has 1 N–H and O–H groups in total. The molecule has 2 rings (SSSR count). The van der Waals surface area contributed by atoms with E-state index in [4.69, 9.17) is 9.47 Å². The van der Waals surface area contributed by atoms with E-state index in [0.717, 1.165) is 29.2 Å². The number of hydrogen-bond donors (Lipinski definition) is 1. The summed E-state index contributed by atoms with van der Waals surface area (Å²) in [6.07, 6.45) is -7.32. The molecule has 0 saturated carbocycles. The van der Waals surface area contributed by atoms with Gasteiger partial charge in [0.05, 0.1) is 23.1 Å². The maximum absolute atomic E-state index is 13.8. The Labute approximate surface area is 177 Å². The SMILES string of the molecule is CC(C)(C)OC(=O)N1[C@H]([C@H](O)/C(=C/c2ccc([N+](=O)[O-])cc2)C(F)(F)F)COC1(C)C. The summed E-state index contributed by atoms with van der Waals surface area (Å²) in [5.41, 5.74) is -3.82. The van der Waals surface area contributed by atoms with Crippen LogP contribution in [0.25, 0.3) is 6.08 Å². The van der Waals surface area contributed by atoms with Crippen LogP contribution < -0.4 is 0 Å². The van der Waals surface area contributed by atoms with Gasteiger partial charge >= 0.3 is 12.3 Å². The first-order chi connectivity index (χ1) is 14.0. The number of non-ortho nitro benzene ring substituents is 1. The lowest BCUT2D eigenvalue weighted by atomic mass is 9.98. The zero-order chi connectivity index (χ0) is 23.8. The minimum Gasteiger partial charge on any atom is -0.444 e. The van der Waals surface area contributed by atoms with Crippen LogP contribution in [0.4, 0.5) is 23.7 Å². The Morgan fingerprint density at radius 2 is 1.87 bits per heavy atom. The number of carbonyl (C=O) groups is 1. The molecule has 0 spiro atoms. The number of hydrogen-bond acceptors (Lipinski definition) is 6. The van der Waals surface area contributed by atoms with E-state index in [1.165, 1.54) is 13.8 Å². The minimum atomic E-state index is -4.94. The van der Waals surface area contributed by atoms with Crippen molar-refractivity contribution in [2.24, 2.45) is 0 Å². The van der Waals surface area contributed by atoms with E-state index >= 15 is 0 Å². The van der Waals surface area contributed by atoms with Gasteiger partial charge < -0.3 is 14.6 Å². The molecule has 0 bridgehead atoms. The average Bonchev–Trinajstić information content (AvgIpc) is 2.92. The van der Waals surface area contributed by atoms with Gasteiger partial charge in [0.2, 0.25) is 0 Å². The summed E-state index contributed by atoms with van der Waals surface area (Å²) in [7, 11) is 0. The van der Waals surface area contributed by atoms with Crippen LogP contribution in [0.5, 0.6) is 0 Å². The third-order valence-corrected chi connectivity index (χ3v) is 4.55. The Hall–Kier alpha value is -2.66. The van der Waals surface area contributed by atoms with Gasteiger partial charge in [0.1, 0.15) is 17.4 Å². The first-order valence-corrected chi connectivity index (χ1v) is 9.40. The Bertz CT molecular complexity index is 859. The number of nitro benzene ring substituents is 1. The van der Waals surface area contributed by atoms with Crippen molar-refractivity contribution in [2.45, 2.75) is 64.3 Å². The molecule has 1 fully saturated rings. The molecule has 1 aliphatic heterocycles. The van der Waals surface area contributed by atoms with E-state index in [9.17, 15) is 33.2 Å². The zero-order valence-electron chi connectivity index (χ0n) is 17.8. The van der Waals surface area contributed by atoms with Crippen LogP contribution in [0, 0.1) is 10.1 Å². The van der Waals surface area contributed by atoms with E-state index in [1.54, 1.807) is 20.8 Å². The molecule has 1 aromatic rings.